The first kappa shape index (κ1) is 62.8. The van der Waals surface area contributed by atoms with E-state index >= 15 is 0 Å². The second-order valence-electron chi connectivity index (χ2n) is 20.0. The van der Waals surface area contributed by atoms with Gasteiger partial charge in [-0.25, -0.2) is 0 Å². The fraction of sp³-hybridized carbons (Fsp3) is 0.914. The monoisotopic (exact) mass is 904 g/mol. The zero-order valence-electron chi connectivity index (χ0n) is 43.0. The van der Waals surface area contributed by atoms with Gasteiger partial charge in [0.25, 0.3) is 0 Å². The Hall–Kier alpha value is -1.21. The van der Waals surface area contributed by atoms with Crippen molar-refractivity contribution in [3.63, 3.8) is 0 Å². The van der Waals surface area contributed by atoms with E-state index in [1.54, 1.807) is 0 Å². The molecule has 0 radical (unpaired) electrons. The molecular formula is C58H113NO5. The Labute approximate surface area is 399 Å². The summed E-state index contributed by atoms with van der Waals surface area (Å²) in [6.07, 6.45) is 64.2. The third-order valence-electron chi connectivity index (χ3n) is 13.6. The van der Waals surface area contributed by atoms with E-state index in [1.807, 2.05) is 0 Å². The first-order valence-corrected chi connectivity index (χ1v) is 28.7. The van der Waals surface area contributed by atoms with Crippen molar-refractivity contribution in [2.24, 2.45) is 0 Å². The van der Waals surface area contributed by atoms with E-state index in [4.69, 9.17) is 0 Å². The highest BCUT2D eigenvalue weighted by atomic mass is 16.3. The van der Waals surface area contributed by atoms with Crippen LogP contribution < -0.4 is 5.32 Å². The van der Waals surface area contributed by atoms with Gasteiger partial charge in [0.1, 0.15) is 12.2 Å². The average molecular weight is 905 g/mol. The van der Waals surface area contributed by atoms with Gasteiger partial charge in [0.15, 0.2) is 0 Å². The Morgan fingerprint density at radius 1 is 0.375 bits per heavy atom. The number of nitrogens with one attached hydrogen (secondary N) is 1. The van der Waals surface area contributed by atoms with Crippen molar-refractivity contribution in [2.75, 3.05) is 6.61 Å². The summed E-state index contributed by atoms with van der Waals surface area (Å²) >= 11 is 0. The summed E-state index contributed by atoms with van der Waals surface area (Å²) in [6.45, 7) is 4.05. The first-order chi connectivity index (χ1) is 31.5. The second-order valence-corrected chi connectivity index (χ2v) is 20.0. The number of aliphatic hydroxyl groups excluding tert-OH is 4. The van der Waals surface area contributed by atoms with Crippen LogP contribution in [0.4, 0.5) is 0 Å². The highest BCUT2D eigenvalue weighted by Gasteiger charge is 2.28. The van der Waals surface area contributed by atoms with E-state index in [1.165, 1.54) is 244 Å². The Kier molecular flexibility index (Phi) is 51.8. The van der Waals surface area contributed by atoms with Crippen molar-refractivity contribution < 1.29 is 25.2 Å². The van der Waals surface area contributed by atoms with Gasteiger partial charge in [0.05, 0.1) is 18.8 Å². The number of allylic oxidation sites excluding steroid dienone is 4. The van der Waals surface area contributed by atoms with Crippen LogP contribution in [0.2, 0.25) is 0 Å². The summed E-state index contributed by atoms with van der Waals surface area (Å²) in [6, 6.07) is -0.999. The van der Waals surface area contributed by atoms with E-state index in [0.717, 1.165) is 38.5 Å². The van der Waals surface area contributed by atoms with Crippen LogP contribution >= 0.6 is 0 Å². The van der Waals surface area contributed by atoms with Gasteiger partial charge in [-0.15, -0.1) is 0 Å². The molecule has 4 unspecified atom stereocenters. The van der Waals surface area contributed by atoms with Gasteiger partial charge in [-0.3, -0.25) is 4.79 Å². The summed E-state index contributed by atoms with van der Waals surface area (Å²) in [5, 5.41) is 43.8. The van der Waals surface area contributed by atoms with Gasteiger partial charge in [-0.05, 0) is 64.2 Å². The molecule has 0 aromatic rings. The van der Waals surface area contributed by atoms with Gasteiger partial charge < -0.3 is 25.7 Å². The van der Waals surface area contributed by atoms with Crippen LogP contribution in [-0.2, 0) is 4.79 Å². The number of hydrogen-bond acceptors (Lipinski definition) is 5. The van der Waals surface area contributed by atoms with Crippen LogP contribution in [0.1, 0.15) is 309 Å². The molecule has 380 valence electrons. The summed E-state index contributed by atoms with van der Waals surface area (Å²) < 4.78 is 0. The number of hydrogen-bond donors (Lipinski definition) is 5. The number of carbonyl (C=O) groups is 1. The predicted octanol–water partition coefficient (Wildman–Crippen LogP) is 16.6. The highest BCUT2D eigenvalue weighted by molar-refractivity contribution is 5.80. The Balaban J connectivity index is 3.51. The molecule has 0 aliphatic carbocycles. The van der Waals surface area contributed by atoms with E-state index in [-0.39, 0.29) is 0 Å². The van der Waals surface area contributed by atoms with Crippen LogP contribution in [-0.4, -0.2) is 57.3 Å². The van der Waals surface area contributed by atoms with Gasteiger partial charge in [-0.2, -0.15) is 0 Å². The topological polar surface area (TPSA) is 110 Å². The maximum Gasteiger partial charge on any atom is 0.249 e. The average Bonchev–Trinajstić information content (AvgIpc) is 3.30. The van der Waals surface area contributed by atoms with E-state index in [9.17, 15) is 25.2 Å². The van der Waals surface area contributed by atoms with Crippen LogP contribution in [0.15, 0.2) is 24.3 Å². The second kappa shape index (κ2) is 52.8. The minimum atomic E-state index is -1.28. The minimum Gasteiger partial charge on any atom is -0.394 e. The lowest BCUT2D eigenvalue weighted by molar-refractivity contribution is -0.132. The molecule has 0 fully saturated rings. The molecule has 0 aliphatic heterocycles. The molecule has 0 saturated carbocycles. The largest absolute Gasteiger partial charge is 0.394 e. The SMILES string of the molecule is CCCCCCCCC/C=C/CCCC(O)C(O)C(CO)NC(=O)C(O)CCCCCCCCCCCCCCCCCC/C=C\CCCCCCCCCCCCCCCCCC. The molecular weight excluding hydrogens is 791 g/mol. The molecule has 0 spiro atoms. The molecule has 0 aromatic carbocycles. The maximum absolute atomic E-state index is 12.6. The quantitative estimate of drug-likeness (QED) is 0.0308. The number of rotatable bonds is 53. The lowest BCUT2D eigenvalue weighted by Crippen LogP contribution is -2.53. The molecule has 6 nitrogen and oxygen atoms in total. The van der Waals surface area contributed by atoms with E-state index in [2.05, 4.69) is 43.5 Å². The number of unbranched alkanes of at least 4 members (excludes halogenated alkanes) is 40. The minimum absolute atomic E-state index is 0.366. The van der Waals surface area contributed by atoms with Gasteiger partial charge >= 0.3 is 0 Å². The standard InChI is InChI=1S/C58H113NO5/c1-3-5-7-9-11-13-15-17-18-19-20-21-22-23-24-25-26-27-28-29-30-31-32-33-34-35-36-37-38-39-40-42-44-46-48-50-52-56(62)58(64)59-54(53-60)57(63)55(61)51-49-47-45-43-41-16-14-12-10-8-6-4-2/h27-28,43,45,54-57,60-63H,3-26,29-42,44,46-53H2,1-2H3,(H,59,64)/b28-27-,45-43+. The lowest BCUT2D eigenvalue weighted by atomic mass is 10.00. The molecule has 6 heteroatoms. The summed E-state index contributed by atoms with van der Waals surface area (Å²) in [5.41, 5.74) is 0. The zero-order chi connectivity index (χ0) is 46.7. The molecule has 0 saturated heterocycles. The van der Waals surface area contributed by atoms with Crippen molar-refractivity contribution in [2.45, 2.75) is 334 Å². The molecule has 4 atom stereocenters. The normalized spacial score (nSPS) is 13.9. The smallest absolute Gasteiger partial charge is 0.249 e. The van der Waals surface area contributed by atoms with Crippen LogP contribution in [0, 0.1) is 0 Å². The molecule has 0 aliphatic rings. The molecule has 0 bridgehead atoms. The van der Waals surface area contributed by atoms with Crippen molar-refractivity contribution in [3.8, 4) is 0 Å². The highest BCUT2D eigenvalue weighted by Crippen LogP contribution is 2.18. The van der Waals surface area contributed by atoms with Crippen molar-refractivity contribution in [3.05, 3.63) is 24.3 Å². The predicted molar refractivity (Wildman–Crippen MR) is 279 cm³/mol. The molecule has 0 rings (SSSR count). The first-order valence-electron chi connectivity index (χ1n) is 28.7. The lowest BCUT2D eigenvalue weighted by Gasteiger charge is -2.27. The molecule has 0 heterocycles. The number of aliphatic hydroxyl groups is 4. The van der Waals surface area contributed by atoms with Crippen LogP contribution in [0.25, 0.3) is 0 Å². The van der Waals surface area contributed by atoms with Gasteiger partial charge in [0.2, 0.25) is 5.91 Å². The third kappa shape index (κ3) is 45.9. The maximum atomic E-state index is 12.6. The van der Waals surface area contributed by atoms with E-state index in [0.29, 0.717) is 12.8 Å². The fourth-order valence-corrected chi connectivity index (χ4v) is 9.11. The van der Waals surface area contributed by atoms with Crippen molar-refractivity contribution in [1.29, 1.82) is 0 Å². The molecule has 1 amide bonds. The Morgan fingerprint density at radius 2 is 0.641 bits per heavy atom. The Morgan fingerprint density at radius 3 is 0.938 bits per heavy atom. The molecule has 64 heavy (non-hydrogen) atoms. The van der Waals surface area contributed by atoms with Crippen LogP contribution in [0.3, 0.4) is 0 Å². The zero-order valence-corrected chi connectivity index (χ0v) is 43.0. The van der Waals surface area contributed by atoms with Gasteiger partial charge in [-0.1, -0.05) is 269 Å². The van der Waals surface area contributed by atoms with E-state index < -0.39 is 36.9 Å². The van der Waals surface area contributed by atoms with Crippen molar-refractivity contribution >= 4 is 5.91 Å². The summed E-state index contributed by atoms with van der Waals surface area (Å²) in [4.78, 5) is 12.6. The Bertz CT molecular complexity index is 970. The number of amides is 1. The number of carbonyl (C=O) groups excluding carboxylic acids is 1. The van der Waals surface area contributed by atoms with Crippen LogP contribution in [0.5, 0.6) is 0 Å². The molecule has 5 N–H and O–H groups in total. The van der Waals surface area contributed by atoms with Gasteiger partial charge in [0, 0.05) is 0 Å². The summed E-state index contributed by atoms with van der Waals surface area (Å²) in [5.74, 6) is -0.590. The molecule has 0 aromatic heterocycles. The van der Waals surface area contributed by atoms with Crippen molar-refractivity contribution in [1.82, 2.24) is 5.32 Å². The third-order valence-corrected chi connectivity index (χ3v) is 13.6. The summed E-state index contributed by atoms with van der Waals surface area (Å²) in [7, 11) is 0. The fourth-order valence-electron chi connectivity index (χ4n) is 9.11.